The smallest absolute Gasteiger partial charge is 0.269 e. The van der Waals surface area contributed by atoms with Gasteiger partial charge in [0, 0.05) is 17.9 Å². The first-order chi connectivity index (χ1) is 6.59. The highest BCUT2D eigenvalue weighted by Gasteiger charge is 2.03. The highest BCUT2D eigenvalue weighted by atomic mass is 79.9. The van der Waals surface area contributed by atoms with Gasteiger partial charge in [-0.05, 0) is 5.56 Å². The molecule has 0 aliphatic heterocycles. The number of amidine groups is 1. The zero-order chi connectivity index (χ0) is 10.6. The van der Waals surface area contributed by atoms with Crippen molar-refractivity contribution in [1.82, 2.24) is 0 Å². The zero-order valence-corrected chi connectivity index (χ0v) is 10.0. The standard InChI is InChI=1S/C8H9N3O2S.BrH/c9-8(10)14-5-6-1-3-7(4-2-6)11(12)13;/h1-4H,5H2,(H3,9,10);1H/p-1. The Bertz CT molecular complexity index is 355. The molecule has 0 unspecified atom stereocenters. The van der Waals surface area contributed by atoms with Gasteiger partial charge in [0.25, 0.3) is 5.69 Å². The first-order valence-corrected chi connectivity index (χ1v) is 4.78. The first-order valence-electron chi connectivity index (χ1n) is 3.80. The number of non-ortho nitro benzene ring substituents is 1. The number of rotatable bonds is 3. The summed E-state index contributed by atoms with van der Waals surface area (Å²) >= 11 is 1.19. The van der Waals surface area contributed by atoms with E-state index < -0.39 is 4.92 Å². The number of halogens is 1. The number of nitrogens with one attached hydrogen (secondary N) is 1. The number of thioether (sulfide) groups is 1. The lowest BCUT2D eigenvalue weighted by molar-refractivity contribution is -0.384. The molecule has 0 aliphatic rings. The summed E-state index contributed by atoms with van der Waals surface area (Å²) in [7, 11) is 0. The van der Waals surface area contributed by atoms with Crippen molar-refractivity contribution < 1.29 is 21.9 Å². The van der Waals surface area contributed by atoms with Crippen molar-refractivity contribution in [2.75, 3.05) is 0 Å². The highest BCUT2D eigenvalue weighted by molar-refractivity contribution is 8.13. The average molecular weight is 291 g/mol. The molecule has 0 aromatic heterocycles. The van der Waals surface area contributed by atoms with Gasteiger partial charge in [-0.1, -0.05) is 23.9 Å². The molecule has 1 rings (SSSR count). The van der Waals surface area contributed by atoms with Crippen molar-refractivity contribution in [3.05, 3.63) is 39.9 Å². The third-order valence-corrected chi connectivity index (χ3v) is 2.33. The summed E-state index contributed by atoms with van der Waals surface area (Å²) in [5, 5.41) is 17.4. The molecule has 0 fully saturated rings. The summed E-state index contributed by atoms with van der Waals surface area (Å²) in [5.74, 6) is 0.563. The minimum atomic E-state index is -0.443. The van der Waals surface area contributed by atoms with E-state index in [-0.39, 0.29) is 27.8 Å². The predicted molar refractivity (Wildman–Crippen MR) is 56.3 cm³/mol. The van der Waals surface area contributed by atoms with E-state index in [4.69, 9.17) is 11.1 Å². The molecule has 3 N–H and O–H groups in total. The topological polar surface area (TPSA) is 93.0 Å². The molecular formula is C8H9BrN3O2S-. The zero-order valence-electron chi connectivity index (χ0n) is 7.64. The van der Waals surface area contributed by atoms with E-state index in [0.717, 1.165) is 5.56 Å². The fraction of sp³-hybridized carbons (Fsp3) is 0.125. The van der Waals surface area contributed by atoms with Crippen LogP contribution in [0.3, 0.4) is 0 Å². The number of nitro benzene ring substituents is 1. The molecule has 0 heterocycles. The molecule has 0 saturated heterocycles. The second kappa shape index (κ2) is 6.41. The van der Waals surface area contributed by atoms with Gasteiger partial charge in [-0.3, -0.25) is 15.5 Å². The van der Waals surface area contributed by atoms with Crippen LogP contribution in [0, 0.1) is 15.5 Å². The molecule has 0 atom stereocenters. The van der Waals surface area contributed by atoms with Crippen LogP contribution in [-0.4, -0.2) is 10.1 Å². The molecule has 15 heavy (non-hydrogen) atoms. The lowest BCUT2D eigenvalue weighted by Gasteiger charge is -1.98. The number of hydrogen-bond donors (Lipinski definition) is 2. The maximum Gasteiger partial charge on any atom is 0.269 e. The summed E-state index contributed by atoms with van der Waals surface area (Å²) in [5.41, 5.74) is 6.14. The average Bonchev–Trinajstić information content (AvgIpc) is 2.15. The maximum absolute atomic E-state index is 10.3. The number of nitrogens with zero attached hydrogens (tertiary/aromatic N) is 1. The van der Waals surface area contributed by atoms with Gasteiger partial charge in [0.05, 0.1) is 4.92 Å². The first kappa shape index (κ1) is 13.9. The molecule has 0 saturated carbocycles. The van der Waals surface area contributed by atoms with Crippen LogP contribution in [-0.2, 0) is 5.75 Å². The van der Waals surface area contributed by atoms with Crippen LogP contribution in [0.2, 0.25) is 0 Å². The summed E-state index contributed by atoms with van der Waals surface area (Å²) in [6.45, 7) is 0. The van der Waals surface area contributed by atoms with Gasteiger partial charge in [-0.25, -0.2) is 0 Å². The number of benzene rings is 1. The van der Waals surface area contributed by atoms with Crippen molar-refractivity contribution in [2.45, 2.75) is 5.75 Å². The van der Waals surface area contributed by atoms with Crippen LogP contribution in [0.4, 0.5) is 5.69 Å². The van der Waals surface area contributed by atoms with Crippen LogP contribution < -0.4 is 22.7 Å². The lowest BCUT2D eigenvalue weighted by Crippen LogP contribution is -3.00. The fourth-order valence-electron chi connectivity index (χ4n) is 0.875. The van der Waals surface area contributed by atoms with Gasteiger partial charge in [-0.15, -0.1) is 0 Å². The van der Waals surface area contributed by atoms with Gasteiger partial charge in [0.15, 0.2) is 5.17 Å². The van der Waals surface area contributed by atoms with Crippen LogP contribution in [0.15, 0.2) is 24.3 Å². The van der Waals surface area contributed by atoms with Crippen molar-refractivity contribution >= 4 is 22.6 Å². The van der Waals surface area contributed by atoms with Crippen LogP contribution in [0.1, 0.15) is 5.56 Å². The van der Waals surface area contributed by atoms with Gasteiger partial charge in [-0.2, -0.15) is 0 Å². The van der Waals surface area contributed by atoms with E-state index in [2.05, 4.69) is 0 Å². The van der Waals surface area contributed by atoms with E-state index >= 15 is 0 Å². The minimum absolute atomic E-state index is 0. The van der Waals surface area contributed by atoms with Gasteiger partial charge < -0.3 is 22.7 Å². The molecule has 7 heteroatoms. The Kier molecular flexibility index (Phi) is 5.95. The third kappa shape index (κ3) is 4.80. The van der Waals surface area contributed by atoms with Crippen molar-refractivity contribution in [3.63, 3.8) is 0 Å². The quantitative estimate of drug-likeness (QED) is 0.314. The lowest BCUT2D eigenvalue weighted by atomic mass is 10.2. The predicted octanol–water partition coefficient (Wildman–Crippen LogP) is -1.27. The van der Waals surface area contributed by atoms with Gasteiger partial charge in [0.2, 0.25) is 0 Å². The van der Waals surface area contributed by atoms with E-state index in [1.165, 1.54) is 23.9 Å². The van der Waals surface area contributed by atoms with Crippen molar-refractivity contribution in [1.29, 1.82) is 5.41 Å². The third-order valence-electron chi connectivity index (χ3n) is 1.54. The molecule has 5 nitrogen and oxygen atoms in total. The van der Waals surface area contributed by atoms with E-state index in [0.29, 0.717) is 5.75 Å². The van der Waals surface area contributed by atoms with Crippen LogP contribution >= 0.6 is 11.8 Å². The van der Waals surface area contributed by atoms with Crippen molar-refractivity contribution in [2.24, 2.45) is 5.73 Å². The molecule has 0 aliphatic carbocycles. The summed E-state index contributed by atoms with van der Waals surface area (Å²) in [4.78, 5) is 9.88. The van der Waals surface area contributed by atoms with Crippen LogP contribution in [0.25, 0.3) is 0 Å². The SMILES string of the molecule is N=C(N)SCc1ccc([N+](=O)[O-])cc1.[Br-]. The Balaban J connectivity index is 0.00000196. The number of hydrogen-bond acceptors (Lipinski definition) is 4. The molecule has 0 spiro atoms. The molecule has 0 bridgehead atoms. The monoisotopic (exact) mass is 290 g/mol. The Hall–Kier alpha value is -1.08. The Morgan fingerprint density at radius 3 is 2.40 bits per heavy atom. The molecule has 0 amide bonds. The highest BCUT2D eigenvalue weighted by Crippen LogP contribution is 2.16. The van der Waals surface area contributed by atoms with Gasteiger partial charge in [0.1, 0.15) is 0 Å². The van der Waals surface area contributed by atoms with E-state index in [1.54, 1.807) is 12.1 Å². The minimum Gasteiger partial charge on any atom is -1.00 e. The summed E-state index contributed by atoms with van der Waals surface area (Å²) < 4.78 is 0. The van der Waals surface area contributed by atoms with Gasteiger partial charge >= 0.3 is 0 Å². The number of nitrogens with two attached hydrogens (primary N) is 1. The normalized spacial score (nSPS) is 9.07. The molecule has 1 aromatic rings. The largest absolute Gasteiger partial charge is 1.00 e. The number of nitro groups is 1. The molecule has 0 radical (unpaired) electrons. The Morgan fingerprint density at radius 2 is 2.00 bits per heavy atom. The second-order valence-corrected chi connectivity index (χ2v) is 3.59. The van der Waals surface area contributed by atoms with Crippen molar-refractivity contribution in [3.8, 4) is 0 Å². The Labute approximate surface area is 101 Å². The maximum atomic E-state index is 10.3. The molecule has 82 valence electrons. The summed E-state index contributed by atoms with van der Waals surface area (Å²) in [6, 6.07) is 6.20. The van der Waals surface area contributed by atoms with E-state index in [9.17, 15) is 10.1 Å². The van der Waals surface area contributed by atoms with Crippen LogP contribution in [0.5, 0.6) is 0 Å². The molecular weight excluding hydrogens is 282 g/mol. The fourth-order valence-corrected chi connectivity index (χ4v) is 1.39. The Morgan fingerprint density at radius 1 is 1.47 bits per heavy atom. The van der Waals surface area contributed by atoms with E-state index in [1.807, 2.05) is 0 Å². The summed E-state index contributed by atoms with van der Waals surface area (Å²) in [6.07, 6.45) is 0. The molecule has 1 aromatic carbocycles. The second-order valence-electron chi connectivity index (χ2n) is 2.58.